The first-order chi connectivity index (χ1) is 13.0. The van der Waals surface area contributed by atoms with Gasteiger partial charge in [0.1, 0.15) is 5.75 Å². The highest BCUT2D eigenvalue weighted by molar-refractivity contribution is 5.89. The molecule has 0 bridgehead atoms. The number of nitrogens with zero attached hydrogens (tertiary/aromatic N) is 1. The topological polar surface area (TPSA) is 76.1 Å². The summed E-state index contributed by atoms with van der Waals surface area (Å²) < 4.78 is 9.81. The number of benzene rings is 2. The molecule has 0 radical (unpaired) electrons. The Balaban J connectivity index is 1.97. The summed E-state index contributed by atoms with van der Waals surface area (Å²) in [5.74, 6) is 0.268. The summed E-state index contributed by atoms with van der Waals surface area (Å²) in [5, 5.41) is 9.75. The lowest BCUT2D eigenvalue weighted by Crippen LogP contribution is -2.33. The zero-order valence-corrected chi connectivity index (χ0v) is 15.8. The zero-order chi connectivity index (χ0) is 19.8. The maximum absolute atomic E-state index is 12.6. The van der Waals surface area contributed by atoms with E-state index in [1.165, 1.54) is 7.11 Å². The third-order valence-electron chi connectivity index (χ3n) is 4.54. The van der Waals surface area contributed by atoms with Crippen LogP contribution in [-0.2, 0) is 16.0 Å². The number of likely N-dealkylation sites (N-methyl/N-ethyl adjacent to an activating group) is 1. The van der Waals surface area contributed by atoms with Crippen molar-refractivity contribution in [1.82, 2.24) is 4.90 Å². The number of methoxy groups -OCH3 is 2. The molecule has 1 N–H and O–H groups in total. The number of carbonyl (C=O) groups excluding carboxylic acids is 2. The Morgan fingerprint density at radius 3 is 2.19 bits per heavy atom. The first-order valence-electron chi connectivity index (χ1n) is 8.68. The molecule has 1 unspecified atom stereocenters. The normalized spacial score (nSPS) is 11.6. The third kappa shape index (κ3) is 5.31. The van der Waals surface area contributed by atoms with Crippen LogP contribution in [0.3, 0.4) is 0 Å². The van der Waals surface area contributed by atoms with Gasteiger partial charge in [-0.05, 0) is 41.8 Å². The molecular weight excluding hydrogens is 346 g/mol. The lowest BCUT2D eigenvalue weighted by Gasteiger charge is -2.27. The first kappa shape index (κ1) is 20.5. The fourth-order valence-corrected chi connectivity index (χ4v) is 2.80. The lowest BCUT2D eigenvalue weighted by atomic mass is 10.0. The minimum Gasteiger partial charge on any atom is -0.497 e. The molecule has 0 aromatic heterocycles. The molecule has 2 rings (SSSR count). The molecule has 144 valence electrons. The summed E-state index contributed by atoms with van der Waals surface area (Å²) in [6, 6.07) is 13.9. The second-order valence-electron chi connectivity index (χ2n) is 6.16. The molecular formula is C21H25NO5. The molecule has 27 heavy (non-hydrogen) atoms. The number of aliphatic hydroxyl groups excluding tert-OH is 1. The minimum atomic E-state index is -0.412. The predicted octanol–water partition coefficient (Wildman–Crippen LogP) is 2.61. The number of aryl methyl sites for hydroxylation is 1. The van der Waals surface area contributed by atoms with Crippen molar-refractivity contribution in [3.63, 3.8) is 0 Å². The average Bonchev–Trinajstić information content (AvgIpc) is 2.72. The van der Waals surface area contributed by atoms with Crippen LogP contribution in [0.15, 0.2) is 48.5 Å². The SMILES string of the molecule is COC(=O)c1ccc(CCC(=O)N(C)C(CO)c2ccc(OC)cc2)cc1. The molecule has 0 aliphatic heterocycles. The van der Waals surface area contributed by atoms with E-state index in [-0.39, 0.29) is 18.5 Å². The summed E-state index contributed by atoms with van der Waals surface area (Å²) in [6.45, 7) is -0.164. The molecule has 0 saturated carbocycles. The van der Waals surface area contributed by atoms with E-state index in [9.17, 15) is 14.7 Å². The number of carbonyl (C=O) groups is 2. The van der Waals surface area contributed by atoms with Gasteiger partial charge in [-0.1, -0.05) is 24.3 Å². The van der Waals surface area contributed by atoms with Crippen molar-refractivity contribution >= 4 is 11.9 Å². The molecule has 0 saturated heterocycles. The fourth-order valence-electron chi connectivity index (χ4n) is 2.80. The molecule has 2 aromatic rings. The van der Waals surface area contributed by atoms with Crippen molar-refractivity contribution in [3.8, 4) is 5.75 Å². The van der Waals surface area contributed by atoms with Crippen LogP contribution in [-0.4, -0.2) is 49.8 Å². The molecule has 6 heteroatoms. The van der Waals surface area contributed by atoms with E-state index < -0.39 is 6.04 Å². The fraction of sp³-hybridized carbons (Fsp3) is 0.333. The van der Waals surface area contributed by atoms with Gasteiger partial charge in [-0.15, -0.1) is 0 Å². The van der Waals surface area contributed by atoms with Crippen LogP contribution >= 0.6 is 0 Å². The van der Waals surface area contributed by atoms with Gasteiger partial charge in [0.25, 0.3) is 0 Å². The highest BCUT2D eigenvalue weighted by Crippen LogP contribution is 2.22. The van der Waals surface area contributed by atoms with Gasteiger partial charge in [0.2, 0.25) is 5.91 Å². The second-order valence-corrected chi connectivity index (χ2v) is 6.16. The smallest absolute Gasteiger partial charge is 0.337 e. The van der Waals surface area contributed by atoms with E-state index in [1.54, 1.807) is 43.3 Å². The molecule has 6 nitrogen and oxygen atoms in total. The van der Waals surface area contributed by atoms with E-state index >= 15 is 0 Å². The van der Waals surface area contributed by atoms with E-state index in [0.29, 0.717) is 18.4 Å². The van der Waals surface area contributed by atoms with Gasteiger partial charge < -0.3 is 19.5 Å². The predicted molar refractivity (Wildman–Crippen MR) is 102 cm³/mol. The number of hydrogen-bond donors (Lipinski definition) is 1. The number of esters is 1. The molecule has 0 aliphatic rings. The number of amides is 1. The van der Waals surface area contributed by atoms with Crippen molar-refractivity contribution in [2.24, 2.45) is 0 Å². The quantitative estimate of drug-likeness (QED) is 0.722. The van der Waals surface area contributed by atoms with Crippen LogP contribution in [0, 0.1) is 0 Å². The Morgan fingerprint density at radius 2 is 1.67 bits per heavy atom. The van der Waals surface area contributed by atoms with Crippen molar-refractivity contribution < 1.29 is 24.2 Å². The second kappa shape index (κ2) is 9.73. The molecule has 0 fully saturated rings. The Bertz CT molecular complexity index is 755. The van der Waals surface area contributed by atoms with Gasteiger partial charge in [0, 0.05) is 13.5 Å². The van der Waals surface area contributed by atoms with Gasteiger partial charge in [-0.25, -0.2) is 4.79 Å². The molecule has 1 amide bonds. The maximum atomic E-state index is 12.6. The van der Waals surface area contributed by atoms with Crippen molar-refractivity contribution in [3.05, 3.63) is 65.2 Å². The van der Waals surface area contributed by atoms with Crippen molar-refractivity contribution in [2.45, 2.75) is 18.9 Å². The van der Waals surface area contributed by atoms with Gasteiger partial charge in [0.05, 0.1) is 32.4 Å². The van der Waals surface area contributed by atoms with Gasteiger partial charge in [-0.2, -0.15) is 0 Å². The van der Waals surface area contributed by atoms with Crippen molar-refractivity contribution in [1.29, 1.82) is 0 Å². The number of ether oxygens (including phenoxy) is 2. The van der Waals surface area contributed by atoms with Crippen LogP contribution in [0.1, 0.15) is 33.9 Å². The Labute approximate surface area is 159 Å². The number of aliphatic hydroxyl groups is 1. The first-order valence-corrected chi connectivity index (χ1v) is 8.68. The van der Waals surface area contributed by atoms with Crippen LogP contribution < -0.4 is 4.74 Å². The average molecular weight is 371 g/mol. The molecule has 0 aliphatic carbocycles. The summed E-state index contributed by atoms with van der Waals surface area (Å²) in [7, 11) is 4.62. The Morgan fingerprint density at radius 1 is 1.04 bits per heavy atom. The van der Waals surface area contributed by atoms with Gasteiger partial charge >= 0.3 is 5.97 Å². The zero-order valence-electron chi connectivity index (χ0n) is 15.8. The Kier molecular flexibility index (Phi) is 7.37. The summed E-state index contributed by atoms with van der Waals surface area (Å²) >= 11 is 0. The summed E-state index contributed by atoms with van der Waals surface area (Å²) in [6.07, 6.45) is 0.853. The van der Waals surface area contributed by atoms with Crippen LogP contribution in [0.5, 0.6) is 5.75 Å². The largest absolute Gasteiger partial charge is 0.497 e. The van der Waals surface area contributed by atoms with E-state index in [0.717, 1.165) is 16.9 Å². The lowest BCUT2D eigenvalue weighted by molar-refractivity contribution is -0.132. The van der Waals surface area contributed by atoms with Gasteiger partial charge in [0.15, 0.2) is 0 Å². The van der Waals surface area contributed by atoms with E-state index in [4.69, 9.17) is 4.74 Å². The molecule has 0 heterocycles. The highest BCUT2D eigenvalue weighted by Gasteiger charge is 2.21. The molecule has 0 spiro atoms. The monoisotopic (exact) mass is 371 g/mol. The summed E-state index contributed by atoms with van der Waals surface area (Å²) in [5.41, 5.74) is 2.27. The maximum Gasteiger partial charge on any atom is 0.337 e. The number of rotatable bonds is 8. The van der Waals surface area contributed by atoms with E-state index in [2.05, 4.69) is 4.74 Å². The molecule has 1 atom stereocenters. The summed E-state index contributed by atoms with van der Waals surface area (Å²) in [4.78, 5) is 25.6. The molecule has 2 aromatic carbocycles. The van der Waals surface area contributed by atoms with Gasteiger partial charge in [-0.3, -0.25) is 4.79 Å². The van der Waals surface area contributed by atoms with Crippen LogP contribution in [0.25, 0.3) is 0 Å². The number of hydrogen-bond acceptors (Lipinski definition) is 5. The van der Waals surface area contributed by atoms with Crippen LogP contribution in [0.4, 0.5) is 0 Å². The van der Waals surface area contributed by atoms with Crippen molar-refractivity contribution in [2.75, 3.05) is 27.9 Å². The minimum absolute atomic E-state index is 0.0677. The van der Waals surface area contributed by atoms with Crippen LogP contribution in [0.2, 0.25) is 0 Å². The standard InChI is InChI=1S/C21H25NO5/c1-22(19(14-23)16-9-11-18(26-2)12-10-16)20(24)13-6-15-4-7-17(8-5-15)21(25)27-3/h4-5,7-12,19,23H,6,13-14H2,1-3H3. The Hall–Kier alpha value is -2.86. The van der Waals surface area contributed by atoms with E-state index in [1.807, 2.05) is 24.3 Å². The highest BCUT2D eigenvalue weighted by atomic mass is 16.5. The third-order valence-corrected chi connectivity index (χ3v) is 4.54.